The van der Waals surface area contributed by atoms with Gasteiger partial charge in [-0.15, -0.1) is 0 Å². The maximum atomic E-state index is 11.2. The molecule has 98 valence electrons. The van der Waals surface area contributed by atoms with E-state index in [2.05, 4.69) is 0 Å². The molecule has 0 bridgehead atoms. The van der Waals surface area contributed by atoms with Gasteiger partial charge in [0, 0.05) is 13.1 Å². The second-order valence-electron chi connectivity index (χ2n) is 4.15. The Balaban J connectivity index is 1.66. The van der Waals surface area contributed by atoms with Gasteiger partial charge in [-0.3, -0.25) is 0 Å². The van der Waals surface area contributed by atoms with Gasteiger partial charge in [-0.2, -0.15) is 0 Å². The van der Waals surface area contributed by atoms with E-state index in [1.165, 1.54) is 0 Å². The maximum Gasteiger partial charge on any atom is 0.409 e. The lowest BCUT2D eigenvalue weighted by Gasteiger charge is -2.12. The summed E-state index contributed by atoms with van der Waals surface area (Å²) in [6.07, 6.45) is 0.579. The van der Waals surface area contributed by atoms with E-state index in [0.717, 1.165) is 17.7 Å². The number of ether oxygens (including phenoxy) is 2. The third kappa shape index (κ3) is 3.37. The largest absolute Gasteiger partial charge is 0.494 e. The fourth-order valence-corrected chi connectivity index (χ4v) is 1.80. The molecule has 0 aromatic heterocycles. The average Bonchev–Trinajstić information content (AvgIpc) is 2.81. The van der Waals surface area contributed by atoms with Crippen molar-refractivity contribution in [3.05, 3.63) is 29.8 Å². The lowest BCUT2D eigenvalue weighted by molar-refractivity contribution is 0.156. The molecule has 1 amide bonds. The summed E-state index contributed by atoms with van der Waals surface area (Å²) in [6, 6.07) is 7.72. The molecule has 1 aliphatic rings. The van der Waals surface area contributed by atoms with Gasteiger partial charge in [0.25, 0.3) is 0 Å². The highest BCUT2D eigenvalue weighted by Crippen LogP contribution is 2.12. The van der Waals surface area contributed by atoms with Crippen LogP contribution in [0.15, 0.2) is 24.3 Å². The summed E-state index contributed by atoms with van der Waals surface area (Å²) >= 11 is 0. The molecular weight excluding hydrogens is 232 g/mol. The predicted molar refractivity (Wildman–Crippen MR) is 67.4 cm³/mol. The first-order valence-electron chi connectivity index (χ1n) is 6.13. The van der Waals surface area contributed by atoms with Crippen LogP contribution in [0.1, 0.15) is 12.0 Å². The van der Waals surface area contributed by atoms with Crippen molar-refractivity contribution >= 4 is 6.09 Å². The van der Waals surface area contributed by atoms with Gasteiger partial charge in [-0.1, -0.05) is 12.1 Å². The molecule has 0 radical (unpaired) electrons. The van der Waals surface area contributed by atoms with Gasteiger partial charge in [0.15, 0.2) is 0 Å². The van der Waals surface area contributed by atoms with Crippen LogP contribution in [0.5, 0.6) is 5.75 Å². The molecule has 2 rings (SSSR count). The Morgan fingerprint density at radius 2 is 2.11 bits per heavy atom. The van der Waals surface area contributed by atoms with Gasteiger partial charge in [-0.25, -0.2) is 4.79 Å². The number of carbonyl (C=O) groups excluding carboxylic acids is 1. The highest BCUT2D eigenvalue weighted by molar-refractivity contribution is 5.69. The third-order valence-corrected chi connectivity index (χ3v) is 2.85. The van der Waals surface area contributed by atoms with Gasteiger partial charge < -0.3 is 20.1 Å². The predicted octanol–water partition coefficient (Wildman–Crippen LogP) is 1.37. The molecule has 1 aromatic rings. The van der Waals surface area contributed by atoms with Crippen LogP contribution in [0.2, 0.25) is 0 Å². The zero-order valence-electron chi connectivity index (χ0n) is 10.3. The summed E-state index contributed by atoms with van der Waals surface area (Å²) in [7, 11) is 0. The molecule has 5 nitrogen and oxygen atoms in total. The number of hydrogen-bond donors (Lipinski definition) is 1. The molecule has 0 atom stereocenters. The second kappa shape index (κ2) is 6.26. The second-order valence-corrected chi connectivity index (χ2v) is 4.15. The summed E-state index contributed by atoms with van der Waals surface area (Å²) in [6.45, 7) is 2.99. The first-order valence-corrected chi connectivity index (χ1v) is 6.13. The number of hydrogen-bond acceptors (Lipinski definition) is 4. The van der Waals surface area contributed by atoms with Crippen molar-refractivity contribution in [2.24, 2.45) is 5.73 Å². The van der Waals surface area contributed by atoms with Crippen LogP contribution in [-0.4, -0.2) is 37.3 Å². The zero-order chi connectivity index (χ0) is 12.8. The van der Waals surface area contributed by atoms with E-state index in [4.69, 9.17) is 15.2 Å². The Hall–Kier alpha value is -1.75. The van der Waals surface area contributed by atoms with Gasteiger partial charge in [0.05, 0.1) is 13.2 Å². The molecule has 0 spiro atoms. The Bertz CT molecular complexity index is 392. The van der Waals surface area contributed by atoms with Gasteiger partial charge in [-0.05, 0) is 24.1 Å². The number of cyclic esters (lactones) is 1. The molecule has 1 fully saturated rings. The van der Waals surface area contributed by atoms with Crippen LogP contribution in [-0.2, 0) is 11.3 Å². The third-order valence-electron chi connectivity index (χ3n) is 2.85. The quantitative estimate of drug-likeness (QED) is 0.774. The summed E-state index contributed by atoms with van der Waals surface area (Å²) in [4.78, 5) is 12.9. The van der Waals surface area contributed by atoms with Crippen molar-refractivity contribution in [1.82, 2.24) is 4.90 Å². The van der Waals surface area contributed by atoms with Gasteiger partial charge in [0.1, 0.15) is 12.4 Å². The molecule has 0 saturated carbocycles. The fourth-order valence-electron chi connectivity index (χ4n) is 1.80. The standard InChI is InChI=1S/C13H18N2O3/c14-10-11-2-4-12(5-3-11)17-8-1-6-15-7-9-18-13(15)16/h2-5H,1,6-10,14H2. The van der Waals surface area contributed by atoms with E-state index in [0.29, 0.717) is 32.8 Å². The van der Waals surface area contributed by atoms with Crippen molar-refractivity contribution in [2.75, 3.05) is 26.3 Å². The lowest BCUT2D eigenvalue weighted by Crippen LogP contribution is -2.26. The first-order chi connectivity index (χ1) is 8.79. The van der Waals surface area contributed by atoms with Crippen molar-refractivity contribution < 1.29 is 14.3 Å². The van der Waals surface area contributed by atoms with Crippen molar-refractivity contribution in [1.29, 1.82) is 0 Å². The smallest absolute Gasteiger partial charge is 0.409 e. The minimum atomic E-state index is -0.220. The summed E-state index contributed by atoms with van der Waals surface area (Å²) in [5.74, 6) is 0.830. The van der Waals surface area contributed by atoms with Crippen LogP contribution in [0.25, 0.3) is 0 Å². The topological polar surface area (TPSA) is 64.8 Å². The van der Waals surface area contributed by atoms with E-state index in [-0.39, 0.29) is 6.09 Å². The number of nitrogens with two attached hydrogens (primary N) is 1. The van der Waals surface area contributed by atoms with E-state index < -0.39 is 0 Å². The number of nitrogens with zero attached hydrogens (tertiary/aromatic N) is 1. The van der Waals surface area contributed by atoms with Crippen LogP contribution >= 0.6 is 0 Å². The molecule has 1 aliphatic heterocycles. The van der Waals surface area contributed by atoms with Crippen LogP contribution in [0, 0.1) is 0 Å². The highest BCUT2D eigenvalue weighted by atomic mass is 16.6. The SMILES string of the molecule is NCc1ccc(OCCCN2CCOC2=O)cc1. The normalized spacial score (nSPS) is 14.7. The van der Waals surface area contributed by atoms with E-state index in [1.807, 2.05) is 24.3 Å². The minimum Gasteiger partial charge on any atom is -0.494 e. The van der Waals surface area contributed by atoms with E-state index >= 15 is 0 Å². The first kappa shape index (κ1) is 12.7. The van der Waals surface area contributed by atoms with Crippen LogP contribution in [0.3, 0.4) is 0 Å². The monoisotopic (exact) mass is 250 g/mol. The van der Waals surface area contributed by atoms with Gasteiger partial charge >= 0.3 is 6.09 Å². The number of rotatable bonds is 6. The van der Waals surface area contributed by atoms with E-state index in [9.17, 15) is 4.79 Å². The Labute approximate surface area is 106 Å². The summed E-state index contributed by atoms with van der Waals surface area (Å²) in [5, 5.41) is 0. The zero-order valence-corrected chi connectivity index (χ0v) is 10.3. The molecule has 1 aromatic carbocycles. The molecule has 0 aliphatic carbocycles. The average molecular weight is 250 g/mol. The van der Waals surface area contributed by atoms with E-state index in [1.54, 1.807) is 4.90 Å². The molecule has 1 heterocycles. The molecule has 0 unspecified atom stereocenters. The van der Waals surface area contributed by atoms with Crippen LogP contribution in [0.4, 0.5) is 4.79 Å². The molecule has 5 heteroatoms. The Morgan fingerprint density at radius 3 is 2.72 bits per heavy atom. The maximum absolute atomic E-state index is 11.2. The number of carbonyl (C=O) groups is 1. The fraction of sp³-hybridized carbons (Fsp3) is 0.462. The summed E-state index contributed by atoms with van der Waals surface area (Å²) in [5.41, 5.74) is 6.60. The minimum absolute atomic E-state index is 0.220. The van der Waals surface area contributed by atoms with Crippen molar-refractivity contribution in [3.8, 4) is 5.75 Å². The Morgan fingerprint density at radius 1 is 1.33 bits per heavy atom. The summed E-state index contributed by atoms with van der Waals surface area (Å²) < 4.78 is 10.4. The molecule has 1 saturated heterocycles. The molecular formula is C13H18N2O3. The Kier molecular flexibility index (Phi) is 4.41. The van der Waals surface area contributed by atoms with Crippen LogP contribution < -0.4 is 10.5 Å². The lowest BCUT2D eigenvalue weighted by atomic mass is 10.2. The van der Waals surface area contributed by atoms with Crippen molar-refractivity contribution in [2.45, 2.75) is 13.0 Å². The molecule has 2 N–H and O–H groups in total. The number of amides is 1. The van der Waals surface area contributed by atoms with Gasteiger partial charge in [0.2, 0.25) is 0 Å². The number of benzene rings is 1. The highest BCUT2D eigenvalue weighted by Gasteiger charge is 2.20. The van der Waals surface area contributed by atoms with Crippen molar-refractivity contribution in [3.63, 3.8) is 0 Å². The molecule has 18 heavy (non-hydrogen) atoms.